The highest BCUT2D eigenvalue weighted by Crippen LogP contribution is 2.26. The molecule has 0 amide bonds. The van der Waals surface area contributed by atoms with Crippen LogP contribution in [0.5, 0.6) is 0 Å². The van der Waals surface area contributed by atoms with Gasteiger partial charge in [-0.1, -0.05) is 26.0 Å². The lowest BCUT2D eigenvalue weighted by Crippen LogP contribution is -2.05. The van der Waals surface area contributed by atoms with Crippen LogP contribution in [0.25, 0.3) is 17.4 Å². The van der Waals surface area contributed by atoms with Crippen molar-refractivity contribution in [2.45, 2.75) is 13.8 Å². The van der Waals surface area contributed by atoms with Gasteiger partial charge in [0.2, 0.25) is 0 Å². The van der Waals surface area contributed by atoms with Crippen molar-refractivity contribution in [3.8, 4) is 11.3 Å². The van der Waals surface area contributed by atoms with Gasteiger partial charge in [-0.3, -0.25) is 10.1 Å². The molecule has 0 aliphatic carbocycles. The van der Waals surface area contributed by atoms with E-state index in [1.165, 1.54) is 12.1 Å². The summed E-state index contributed by atoms with van der Waals surface area (Å²) >= 11 is 0. The van der Waals surface area contributed by atoms with Crippen LogP contribution >= 0.6 is 0 Å². The van der Waals surface area contributed by atoms with E-state index in [0.717, 1.165) is 0 Å². The van der Waals surface area contributed by atoms with Crippen molar-refractivity contribution in [3.05, 3.63) is 63.8 Å². The molecule has 0 N–H and O–H groups in total. The molecule has 1 aromatic carbocycles. The van der Waals surface area contributed by atoms with Crippen molar-refractivity contribution in [3.63, 3.8) is 0 Å². The van der Waals surface area contributed by atoms with Crippen molar-refractivity contribution < 1.29 is 13.7 Å². The molecule has 0 atom stereocenters. The smallest absolute Gasteiger partial charge is 0.252 e. The first-order chi connectivity index (χ1) is 9.49. The highest BCUT2D eigenvalue weighted by atomic mass is 19.1. The second kappa shape index (κ2) is 5.69. The molecule has 0 spiro atoms. The predicted octanol–water partition coefficient (Wildman–Crippen LogP) is 4.36. The second-order valence-corrected chi connectivity index (χ2v) is 4.66. The number of nitrogens with zero attached hydrogens (tertiary/aromatic N) is 1. The highest BCUT2D eigenvalue weighted by Gasteiger charge is 2.17. The summed E-state index contributed by atoms with van der Waals surface area (Å²) in [5, 5.41) is 10.9. The van der Waals surface area contributed by atoms with Gasteiger partial charge in [-0.05, 0) is 24.3 Å². The topological polar surface area (TPSA) is 56.3 Å². The maximum absolute atomic E-state index is 13.6. The Labute approximate surface area is 115 Å². The number of hydrogen-bond acceptors (Lipinski definition) is 3. The van der Waals surface area contributed by atoms with Gasteiger partial charge in [-0.2, -0.15) is 0 Å². The molecule has 0 radical (unpaired) electrons. The van der Waals surface area contributed by atoms with Gasteiger partial charge < -0.3 is 4.42 Å². The zero-order valence-corrected chi connectivity index (χ0v) is 11.2. The average molecular weight is 275 g/mol. The summed E-state index contributed by atoms with van der Waals surface area (Å²) in [6.45, 7) is 3.46. The summed E-state index contributed by atoms with van der Waals surface area (Å²) in [5.74, 6) is 0.0622. The number of hydrogen-bond donors (Lipinski definition) is 0. The van der Waals surface area contributed by atoms with Crippen LogP contribution in [0, 0.1) is 21.8 Å². The Kier molecular flexibility index (Phi) is 3.98. The van der Waals surface area contributed by atoms with Crippen molar-refractivity contribution >= 4 is 6.08 Å². The van der Waals surface area contributed by atoms with E-state index >= 15 is 0 Å². The molecule has 0 aliphatic heterocycles. The van der Waals surface area contributed by atoms with E-state index in [-0.39, 0.29) is 11.6 Å². The standard InChI is InChI=1S/C15H14FNO3/c1-10(2)14(17(18)19)9-11-7-8-15(20-11)12-5-3-4-6-13(12)16/h3-10H,1-2H3/b14-9-. The van der Waals surface area contributed by atoms with Crippen LogP contribution in [0.1, 0.15) is 19.6 Å². The molecule has 2 rings (SSSR count). The first-order valence-electron chi connectivity index (χ1n) is 6.19. The Morgan fingerprint density at radius 3 is 2.60 bits per heavy atom. The largest absolute Gasteiger partial charge is 0.456 e. The predicted molar refractivity (Wildman–Crippen MR) is 73.9 cm³/mol. The molecular formula is C15H14FNO3. The third-order valence-corrected chi connectivity index (χ3v) is 2.86. The molecular weight excluding hydrogens is 261 g/mol. The first kappa shape index (κ1) is 14.0. The van der Waals surface area contributed by atoms with Crippen LogP contribution in [0.2, 0.25) is 0 Å². The molecule has 1 aromatic heterocycles. The Morgan fingerprint density at radius 1 is 1.30 bits per heavy atom. The van der Waals surface area contributed by atoms with Crippen molar-refractivity contribution in [1.29, 1.82) is 0 Å². The van der Waals surface area contributed by atoms with Gasteiger partial charge in [0.1, 0.15) is 17.3 Å². The zero-order valence-electron chi connectivity index (χ0n) is 11.2. The molecule has 0 saturated heterocycles. The van der Waals surface area contributed by atoms with Crippen molar-refractivity contribution in [2.24, 2.45) is 5.92 Å². The summed E-state index contributed by atoms with van der Waals surface area (Å²) in [5.41, 5.74) is 0.388. The average Bonchev–Trinajstić information content (AvgIpc) is 2.84. The van der Waals surface area contributed by atoms with Crippen LogP contribution in [-0.2, 0) is 0 Å². The summed E-state index contributed by atoms with van der Waals surface area (Å²) < 4.78 is 19.1. The highest BCUT2D eigenvalue weighted by molar-refractivity contribution is 5.60. The Hall–Kier alpha value is -2.43. The van der Waals surface area contributed by atoms with Gasteiger partial charge in [-0.15, -0.1) is 0 Å². The summed E-state index contributed by atoms with van der Waals surface area (Å²) in [6.07, 6.45) is 1.37. The number of nitro groups is 1. The lowest BCUT2D eigenvalue weighted by atomic mass is 10.1. The van der Waals surface area contributed by atoms with Gasteiger partial charge in [0, 0.05) is 5.92 Å². The SMILES string of the molecule is CC(C)/C(=C/c1ccc(-c2ccccc2F)o1)[N+](=O)[O-]. The van der Waals surface area contributed by atoms with Crippen molar-refractivity contribution in [2.75, 3.05) is 0 Å². The van der Waals surface area contributed by atoms with Crippen LogP contribution in [0.4, 0.5) is 4.39 Å². The maximum Gasteiger partial charge on any atom is 0.252 e. The number of halogens is 1. The lowest BCUT2D eigenvalue weighted by Gasteiger charge is -2.00. The zero-order chi connectivity index (χ0) is 14.7. The summed E-state index contributed by atoms with van der Waals surface area (Å²) in [4.78, 5) is 10.5. The Morgan fingerprint density at radius 2 is 2.00 bits per heavy atom. The van der Waals surface area contributed by atoms with Crippen molar-refractivity contribution in [1.82, 2.24) is 0 Å². The number of allylic oxidation sites excluding steroid dienone is 1. The van der Waals surface area contributed by atoms with E-state index in [0.29, 0.717) is 17.1 Å². The number of rotatable bonds is 4. The minimum atomic E-state index is -0.435. The molecule has 1 heterocycles. The van der Waals surface area contributed by atoms with E-state index in [1.54, 1.807) is 44.2 Å². The van der Waals surface area contributed by atoms with Gasteiger partial charge in [0.15, 0.2) is 0 Å². The fourth-order valence-electron chi connectivity index (χ4n) is 1.81. The van der Waals surface area contributed by atoms with Gasteiger partial charge >= 0.3 is 0 Å². The molecule has 104 valence electrons. The minimum Gasteiger partial charge on any atom is -0.456 e. The molecule has 4 nitrogen and oxygen atoms in total. The molecule has 0 bridgehead atoms. The van der Waals surface area contributed by atoms with E-state index in [4.69, 9.17) is 4.42 Å². The summed E-state index contributed by atoms with van der Waals surface area (Å²) in [6, 6.07) is 9.41. The van der Waals surface area contributed by atoms with Gasteiger partial charge in [0.25, 0.3) is 5.70 Å². The third kappa shape index (κ3) is 2.93. The van der Waals surface area contributed by atoms with Gasteiger partial charge in [0.05, 0.1) is 16.6 Å². The lowest BCUT2D eigenvalue weighted by molar-refractivity contribution is -0.431. The molecule has 5 heteroatoms. The van der Waals surface area contributed by atoms with Crippen LogP contribution in [0.15, 0.2) is 46.5 Å². The van der Waals surface area contributed by atoms with E-state index in [9.17, 15) is 14.5 Å². The van der Waals surface area contributed by atoms with E-state index < -0.39 is 10.7 Å². The molecule has 0 saturated carbocycles. The third-order valence-electron chi connectivity index (χ3n) is 2.86. The number of furan rings is 1. The second-order valence-electron chi connectivity index (χ2n) is 4.66. The van der Waals surface area contributed by atoms with E-state index in [2.05, 4.69) is 0 Å². The normalized spacial score (nSPS) is 11.9. The quantitative estimate of drug-likeness (QED) is 0.615. The molecule has 0 fully saturated rings. The fraction of sp³-hybridized carbons (Fsp3) is 0.200. The molecule has 0 unspecified atom stereocenters. The Bertz CT molecular complexity index is 659. The molecule has 2 aromatic rings. The van der Waals surface area contributed by atoms with E-state index in [1.807, 2.05) is 0 Å². The maximum atomic E-state index is 13.6. The van der Waals surface area contributed by atoms with Crippen LogP contribution in [0.3, 0.4) is 0 Å². The molecule has 20 heavy (non-hydrogen) atoms. The van der Waals surface area contributed by atoms with Crippen LogP contribution in [-0.4, -0.2) is 4.92 Å². The van der Waals surface area contributed by atoms with Gasteiger partial charge in [-0.25, -0.2) is 4.39 Å². The number of benzene rings is 1. The van der Waals surface area contributed by atoms with Crippen LogP contribution < -0.4 is 0 Å². The minimum absolute atomic E-state index is 0.0550. The fourth-order valence-corrected chi connectivity index (χ4v) is 1.81. The monoisotopic (exact) mass is 275 g/mol. The summed E-state index contributed by atoms with van der Waals surface area (Å²) in [7, 11) is 0. The first-order valence-corrected chi connectivity index (χ1v) is 6.19. The molecule has 0 aliphatic rings. The Balaban J connectivity index is 2.37.